The first-order chi connectivity index (χ1) is 10.9. The van der Waals surface area contributed by atoms with E-state index in [1.165, 1.54) is 11.1 Å². The SMILES string of the molecule is C[C@@H](CO)c1cc2c(cc1O)[C@@]1(C)CCC[C@](C)(CO)[C@@H]1CC2. The average Bonchev–Trinajstić information content (AvgIpc) is 2.54. The first-order valence-electron chi connectivity index (χ1n) is 8.93. The number of hydrogen-bond donors (Lipinski definition) is 3. The van der Waals surface area contributed by atoms with Crippen molar-refractivity contribution in [2.45, 2.75) is 64.2 Å². The Balaban J connectivity index is 2.08. The maximum atomic E-state index is 10.5. The molecule has 0 saturated heterocycles. The van der Waals surface area contributed by atoms with E-state index in [4.69, 9.17) is 0 Å². The van der Waals surface area contributed by atoms with Crippen LogP contribution in [0, 0.1) is 11.3 Å². The molecule has 1 aromatic rings. The third-order valence-corrected chi connectivity index (χ3v) is 6.79. The number of aromatic hydroxyl groups is 1. The van der Waals surface area contributed by atoms with Gasteiger partial charge in [0.1, 0.15) is 5.75 Å². The number of hydrogen-bond acceptors (Lipinski definition) is 3. The smallest absolute Gasteiger partial charge is 0.119 e. The van der Waals surface area contributed by atoms with Gasteiger partial charge in [-0.15, -0.1) is 0 Å². The van der Waals surface area contributed by atoms with Crippen LogP contribution in [0.4, 0.5) is 0 Å². The van der Waals surface area contributed by atoms with E-state index < -0.39 is 0 Å². The maximum Gasteiger partial charge on any atom is 0.119 e. The number of phenolic OH excluding ortho intramolecular Hbond substituents is 1. The van der Waals surface area contributed by atoms with Crippen molar-refractivity contribution in [3.63, 3.8) is 0 Å². The van der Waals surface area contributed by atoms with Crippen LogP contribution in [-0.2, 0) is 11.8 Å². The van der Waals surface area contributed by atoms with Gasteiger partial charge >= 0.3 is 0 Å². The Morgan fingerprint density at radius 3 is 2.61 bits per heavy atom. The van der Waals surface area contributed by atoms with Crippen LogP contribution in [0.1, 0.15) is 69.1 Å². The maximum absolute atomic E-state index is 10.5. The zero-order chi connectivity index (χ0) is 16.8. The molecule has 0 aliphatic heterocycles. The summed E-state index contributed by atoms with van der Waals surface area (Å²) in [5.74, 6) is 0.727. The van der Waals surface area contributed by atoms with E-state index in [-0.39, 0.29) is 30.0 Å². The molecule has 0 amide bonds. The summed E-state index contributed by atoms with van der Waals surface area (Å²) in [6.45, 7) is 6.78. The van der Waals surface area contributed by atoms with Gasteiger partial charge in [-0.3, -0.25) is 0 Å². The van der Waals surface area contributed by atoms with Crippen molar-refractivity contribution in [2.24, 2.45) is 11.3 Å². The molecule has 3 N–H and O–H groups in total. The van der Waals surface area contributed by atoms with Gasteiger partial charge in [0, 0.05) is 19.1 Å². The molecular formula is C20H30O3. The van der Waals surface area contributed by atoms with E-state index in [1.54, 1.807) is 0 Å². The summed E-state index contributed by atoms with van der Waals surface area (Å²) in [4.78, 5) is 0. The second kappa shape index (κ2) is 5.78. The molecular weight excluding hydrogens is 288 g/mol. The van der Waals surface area contributed by atoms with Crippen LogP contribution in [0.25, 0.3) is 0 Å². The van der Waals surface area contributed by atoms with E-state index in [0.717, 1.165) is 37.7 Å². The molecule has 0 radical (unpaired) electrons. The largest absolute Gasteiger partial charge is 0.508 e. The predicted octanol–water partition coefficient (Wildman–Crippen LogP) is 3.49. The van der Waals surface area contributed by atoms with Crippen molar-refractivity contribution < 1.29 is 15.3 Å². The van der Waals surface area contributed by atoms with Crippen molar-refractivity contribution in [2.75, 3.05) is 13.2 Å². The van der Waals surface area contributed by atoms with Crippen LogP contribution in [-0.4, -0.2) is 28.5 Å². The van der Waals surface area contributed by atoms with Gasteiger partial charge < -0.3 is 15.3 Å². The molecule has 2 aliphatic rings. The zero-order valence-electron chi connectivity index (χ0n) is 14.6. The molecule has 0 aromatic heterocycles. The van der Waals surface area contributed by atoms with Gasteiger partial charge in [0.25, 0.3) is 0 Å². The van der Waals surface area contributed by atoms with Crippen LogP contribution in [0.15, 0.2) is 12.1 Å². The molecule has 2 aliphatic carbocycles. The molecule has 0 bridgehead atoms. The van der Waals surface area contributed by atoms with Crippen molar-refractivity contribution in [3.8, 4) is 5.75 Å². The quantitative estimate of drug-likeness (QED) is 0.799. The number of fused-ring (bicyclic) bond motifs is 3. The molecule has 0 heterocycles. The lowest BCUT2D eigenvalue weighted by atomic mass is 9.50. The Morgan fingerprint density at radius 2 is 1.96 bits per heavy atom. The predicted molar refractivity (Wildman–Crippen MR) is 91.8 cm³/mol. The number of phenols is 1. The molecule has 0 spiro atoms. The highest BCUT2D eigenvalue weighted by Crippen LogP contribution is 2.57. The summed E-state index contributed by atoms with van der Waals surface area (Å²) in [5, 5.41) is 29.9. The van der Waals surface area contributed by atoms with Crippen molar-refractivity contribution in [1.82, 2.24) is 0 Å². The van der Waals surface area contributed by atoms with Gasteiger partial charge in [0.05, 0.1) is 0 Å². The van der Waals surface area contributed by atoms with Gasteiger partial charge in [0.15, 0.2) is 0 Å². The number of benzene rings is 1. The first-order valence-corrected chi connectivity index (χ1v) is 8.93. The molecule has 1 saturated carbocycles. The van der Waals surface area contributed by atoms with Crippen LogP contribution >= 0.6 is 0 Å². The number of aryl methyl sites for hydroxylation is 1. The highest BCUT2D eigenvalue weighted by atomic mass is 16.3. The summed E-state index contributed by atoms with van der Waals surface area (Å²) in [7, 11) is 0. The second-order valence-corrected chi connectivity index (χ2v) is 8.33. The Morgan fingerprint density at radius 1 is 1.22 bits per heavy atom. The fraction of sp³-hybridized carbons (Fsp3) is 0.700. The average molecular weight is 318 g/mol. The Hall–Kier alpha value is -1.06. The van der Waals surface area contributed by atoms with Gasteiger partial charge in [-0.05, 0) is 65.2 Å². The van der Waals surface area contributed by atoms with Gasteiger partial charge in [-0.25, -0.2) is 0 Å². The summed E-state index contributed by atoms with van der Waals surface area (Å²) >= 11 is 0. The van der Waals surface area contributed by atoms with Crippen LogP contribution < -0.4 is 0 Å². The lowest BCUT2D eigenvalue weighted by Gasteiger charge is -2.55. The Bertz CT molecular complexity index is 597. The van der Waals surface area contributed by atoms with Crippen molar-refractivity contribution in [1.29, 1.82) is 0 Å². The fourth-order valence-corrected chi connectivity index (χ4v) is 5.34. The normalized spacial score (nSPS) is 34.6. The first kappa shape index (κ1) is 16.8. The molecule has 23 heavy (non-hydrogen) atoms. The molecule has 1 fully saturated rings. The lowest BCUT2D eigenvalue weighted by Crippen LogP contribution is -2.50. The number of aliphatic hydroxyl groups is 2. The minimum absolute atomic E-state index is 0.0165. The van der Waals surface area contributed by atoms with Gasteiger partial charge in [0.2, 0.25) is 0 Å². The minimum Gasteiger partial charge on any atom is -0.508 e. The van der Waals surface area contributed by atoms with E-state index in [1.807, 2.05) is 13.0 Å². The molecule has 3 heteroatoms. The molecule has 128 valence electrons. The summed E-state index contributed by atoms with van der Waals surface area (Å²) in [5.41, 5.74) is 3.45. The number of rotatable bonds is 3. The molecule has 0 unspecified atom stereocenters. The number of aliphatic hydroxyl groups excluding tert-OH is 2. The molecule has 3 nitrogen and oxygen atoms in total. The third kappa shape index (κ3) is 2.49. The van der Waals surface area contributed by atoms with Crippen LogP contribution in [0.5, 0.6) is 5.75 Å². The summed E-state index contributed by atoms with van der Waals surface area (Å²) < 4.78 is 0. The molecule has 1 aromatic carbocycles. The molecule has 3 rings (SSSR count). The van der Waals surface area contributed by atoms with E-state index in [2.05, 4.69) is 19.9 Å². The van der Waals surface area contributed by atoms with Gasteiger partial charge in [-0.2, -0.15) is 0 Å². The summed E-state index contributed by atoms with van der Waals surface area (Å²) in [6, 6.07) is 4.06. The Kier molecular flexibility index (Phi) is 4.22. The Labute approximate surface area is 139 Å². The highest BCUT2D eigenvalue weighted by molar-refractivity contribution is 5.49. The zero-order valence-corrected chi connectivity index (χ0v) is 14.6. The fourth-order valence-electron chi connectivity index (χ4n) is 5.34. The van der Waals surface area contributed by atoms with Crippen molar-refractivity contribution >= 4 is 0 Å². The van der Waals surface area contributed by atoms with E-state index in [0.29, 0.717) is 11.7 Å². The highest BCUT2D eigenvalue weighted by Gasteiger charge is 2.51. The molecule has 4 atom stereocenters. The summed E-state index contributed by atoms with van der Waals surface area (Å²) in [6.07, 6.45) is 5.42. The van der Waals surface area contributed by atoms with Gasteiger partial charge in [-0.1, -0.05) is 33.3 Å². The second-order valence-electron chi connectivity index (χ2n) is 8.33. The standard InChI is InChI=1S/C20H30O3/c1-13(11-21)15-9-14-5-6-18-19(2,12-22)7-4-8-20(18,3)16(14)10-17(15)23/h9-10,13,18,21-23H,4-8,11-12H2,1-3H3/t13-,18-,19+,20+/m0/s1. The van der Waals surface area contributed by atoms with Crippen molar-refractivity contribution in [3.05, 3.63) is 28.8 Å². The lowest BCUT2D eigenvalue weighted by molar-refractivity contribution is -0.0179. The van der Waals surface area contributed by atoms with Crippen LogP contribution in [0.3, 0.4) is 0 Å². The van der Waals surface area contributed by atoms with E-state index >= 15 is 0 Å². The topological polar surface area (TPSA) is 60.7 Å². The van der Waals surface area contributed by atoms with Crippen LogP contribution in [0.2, 0.25) is 0 Å². The third-order valence-electron chi connectivity index (χ3n) is 6.79. The monoisotopic (exact) mass is 318 g/mol. The minimum atomic E-state index is -0.0418. The van der Waals surface area contributed by atoms with E-state index in [9.17, 15) is 15.3 Å².